The maximum Gasteiger partial charge on any atom is 0.409 e. The van der Waals surface area contributed by atoms with E-state index in [0.29, 0.717) is 31.1 Å². The Morgan fingerprint density at radius 3 is 2.63 bits per heavy atom. The molecule has 1 aliphatic heterocycles. The number of carbonyl (C=O) groups excluding carboxylic acids is 1. The fourth-order valence-electron chi connectivity index (χ4n) is 1.99. The molecule has 0 atom stereocenters. The molecule has 1 fully saturated rings. The van der Waals surface area contributed by atoms with Crippen LogP contribution in [0.25, 0.3) is 0 Å². The van der Waals surface area contributed by atoms with Gasteiger partial charge in [0.05, 0.1) is 13.3 Å². The quantitative estimate of drug-likeness (QED) is 0.765. The highest BCUT2D eigenvalue weighted by atomic mass is 32.1. The number of nitrogens with zero attached hydrogens (tertiary/aromatic N) is 5. The molecule has 0 aliphatic carbocycles. The van der Waals surface area contributed by atoms with Crippen LogP contribution in [0, 0.1) is 4.77 Å². The maximum absolute atomic E-state index is 11.6. The zero-order chi connectivity index (χ0) is 13.8. The number of carbonyl (C=O) groups is 1. The summed E-state index contributed by atoms with van der Waals surface area (Å²) in [4.78, 5) is 15.5. The van der Waals surface area contributed by atoms with Crippen LogP contribution in [0.5, 0.6) is 0 Å². The molecule has 0 aromatic carbocycles. The van der Waals surface area contributed by atoms with Crippen LogP contribution in [-0.2, 0) is 18.5 Å². The van der Waals surface area contributed by atoms with Crippen LogP contribution >= 0.6 is 12.2 Å². The summed E-state index contributed by atoms with van der Waals surface area (Å²) in [6, 6.07) is 0. The number of aromatic nitrogens is 3. The standard InChI is InChI=1S/C11H19N5O2S/c1-3-18-11(17)15-6-4-14(5-7-15)9-16-10(19)13(2)8-12-16/h8H,3-7,9H2,1-2H3. The maximum atomic E-state index is 11.6. The van der Waals surface area contributed by atoms with Gasteiger partial charge < -0.3 is 14.2 Å². The summed E-state index contributed by atoms with van der Waals surface area (Å²) in [6.45, 7) is 5.86. The lowest BCUT2D eigenvalue weighted by atomic mass is 10.3. The molecule has 2 rings (SSSR count). The first-order valence-electron chi connectivity index (χ1n) is 6.34. The van der Waals surface area contributed by atoms with Gasteiger partial charge in [0, 0.05) is 33.2 Å². The fraction of sp³-hybridized carbons (Fsp3) is 0.727. The first-order valence-corrected chi connectivity index (χ1v) is 6.75. The second-order valence-corrected chi connectivity index (χ2v) is 4.83. The Balaban J connectivity index is 1.85. The van der Waals surface area contributed by atoms with Crippen molar-refractivity contribution in [3.8, 4) is 0 Å². The first-order chi connectivity index (χ1) is 9.11. The van der Waals surface area contributed by atoms with Gasteiger partial charge in [0.25, 0.3) is 0 Å². The summed E-state index contributed by atoms with van der Waals surface area (Å²) in [6.07, 6.45) is 1.48. The van der Waals surface area contributed by atoms with Gasteiger partial charge in [0.2, 0.25) is 0 Å². The van der Waals surface area contributed by atoms with Gasteiger partial charge in [0.1, 0.15) is 6.33 Å². The van der Waals surface area contributed by atoms with E-state index in [-0.39, 0.29) is 6.09 Å². The molecule has 1 aromatic rings. The fourth-order valence-corrected chi connectivity index (χ4v) is 2.15. The van der Waals surface area contributed by atoms with Crippen LogP contribution in [0.4, 0.5) is 4.79 Å². The Labute approximate surface area is 117 Å². The SMILES string of the molecule is CCOC(=O)N1CCN(Cn2ncn(C)c2=S)CC1. The summed E-state index contributed by atoms with van der Waals surface area (Å²) in [5.41, 5.74) is 0. The lowest BCUT2D eigenvalue weighted by Crippen LogP contribution is -2.49. The number of ether oxygens (including phenoxy) is 1. The third-order valence-corrected chi connectivity index (χ3v) is 3.62. The molecule has 106 valence electrons. The van der Waals surface area contributed by atoms with E-state index in [1.54, 1.807) is 15.9 Å². The molecule has 0 spiro atoms. The molecule has 19 heavy (non-hydrogen) atoms. The van der Waals surface area contributed by atoms with Gasteiger partial charge in [-0.2, -0.15) is 5.10 Å². The topological polar surface area (TPSA) is 55.5 Å². The number of piperazine rings is 1. The molecular weight excluding hydrogens is 266 g/mol. The monoisotopic (exact) mass is 285 g/mol. The number of rotatable bonds is 3. The molecule has 1 amide bonds. The predicted octanol–water partition coefficient (Wildman–Crippen LogP) is 0.683. The average molecular weight is 285 g/mol. The van der Waals surface area contributed by atoms with E-state index in [4.69, 9.17) is 17.0 Å². The molecule has 1 aromatic heterocycles. The van der Waals surface area contributed by atoms with Crippen molar-refractivity contribution in [1.82, 2.24) is 24.1 Å². The smallest absolute Gasteiger partial charge is 0.409 e. The molecular formula is C11H19N5O2S. The second kappa shape index (κ2) is 6.16. The van der Waals surface area contributed by atoms with Crippen molar-refractivity contribution in [2.45, 2.75) is 13.6 Å². The molecule has 0 N–H and O–H groups in total. The molecule has 0 bridgehead atoms. The highest BCUT2D eigenvalue weighted by Crippen LogP contribution is 2.05. The molecule has 7 nitrogen and oxygen atoms in total. The lowest BCUT2D eigenvalue weighted by Gasteiger charge is -2.33. The zero-order valence-electron chi connectivity index (χ0n) is 11.3. The minimum absolute atomic E-state index is 0.225. The number of hydrogen-bond acceptors (Lipinski definition) is 5. The van der Waals surface area contributed by atoms with Crippen molar-refractivity contribution in [3.63, 3.8) is 0 Å². The molecule has 0 unspecified atom stereocenters. The van der Waals surface area contributed by atoms with Crippen LogP contribution in [0.3, 0.4) is 0 Å². The van der Waals surface area contributed by atoms with E-state index in [0.717, 1.165) is 13.1 Å². The summed E-state index contributed by atoms with van der Waals surface area (Å²) in [7, 11) is 1.88. The number of hydrogen-bond donors (Lipinski definition) is 0. The zero-order valence-corrected chi connectivity index (χ0v) is 12.1. The largest absolute Gasteiger partial charge is 0.450 e. The molecule has 1 aliphatic rings. The molecule has 0 radical (unpaired) electrons. The van der Waals surface area contributed by atoms with E-state index in [2.05, 4.69) is 10.00 Å². The molecule has 2 heterocycles. The number of amides is 1. The summed E-state index contributed by atoms with van der Waals surface area (Å²) >= 11 is 5.25. The number of aryl methyl sites for hydroxylation is 1. The van der Waals surface area contributed by atoms with Crippen LogP contribution in [-0.4, -0.2) is 63.0 Å². The van der Waals surface area contributed by atoms with Crippen LogP contribution in [0.2, 0.25) is 0 Å². The summed E-state index contributed by atoms with van der Waals surface area (Å²) < 4.78 is 9.29. The Kier molecular flexibility index (Phi) is 4.54. The van der Waals surface area contributed by atoms with Crippen molar-refractivity contribution < 1.29 is 9.53 Å². The van der Waals surface area contributed by atoms with Crippen LogP contribution in [0.15, 0.2) is 6.33 Å². The predicted molar refractivity (Wildman–Crippen MR) is 72.2 cm³/mol. The minimum atomic E-state index is -0.225. The summed E-state index contributed by atoms with van der Waals surface area (Å²) in [5.74, 6) is 0. The highest BCUT2D eigenvalue weighted by Gasteiger charge is 2.22. The van der Waals surface area contributed by atoms with Gasteiger partial charge in [-0.05, 0) is 19.1 Å². The van der Waals surface area contributed by atoms with Crippen molar-refractivity contribution in [2.24, 2.45) is 7.05 Å². The normalized spacial score (nSPS) is 16.6. The van der Waals surface area contributed by atoms with E-state index < -0.39 is 0 Å². The Morgan fingerprint density at radius 1 is 1.42 bits per heavy atom. The average Bonchev–Trinajstić information content (AvgIpc) is 2.72. The van der Waals surface area contributed by atoms with Crippen molar-refractivity contribution in [1.29, 1.82) is 0 Å². The van der Waals surface area contributed by atoms with Crippen LogP contribution in [0.1, 0.15) is 6.92 Å². The summed E-state index contributed by atoms with van der Waals surface area (Å²) in [5, 5.41) is 4.22. The van der Waals surface area contributed by atoms with Gasteiger partial charge in [-0.1, -0.05) is 0 Å². The van der Waals surface area contributed by atoms with Crippen LogP contribution < -0.4 is 0 Å². The Morgan fingerprint density at radius 2 is 2.11 bits per heavy atom. The molecule has 1 saturated heterocycles. The van der Waals surface area contributed by atoms with Crippen molar-refractivity contribution in [3.05, 3.63) is 11.1 Å². The third-order valence-electron chi connectivity index (χ3n) is 3.12. The van der Waals surface area contributed by atoms with Gasteiger partial charge in [-0.25, -0.2) is 9.48 Å². The molecule has 8 heteroatoms. The van der Waals surface area contributed by atoms with Gasteiger partial charge >= 0.3 is 6.09 Å². The minimum Gasteiger partial charge on any atom is -0.450 e. The first kappa shape index (κ1) is 14.0. The van der Waals surface area contributed by atoms with E-state index >= 15 is 0 Å². The van der Waals surface area contributed by atoms with Crippen molar-refractivity contribution >= 4 is 18.3 Å². The second-order valence-electron chi connectivity index (χ2n) is 4.47. The highest BCUT2D eigenvalue weighted by molar-refractivity contribution is 7.71. The third kappa shape index (κ3) is 3.32. The van der Waals surface area contributed by atoms with Gasteiger partial charge in [-0.3, -0.25) is 4.90 Å². The Hall–Kier alpha value is -1.41. The van der Waals surface area contributed by atoms with Gasteiger partial charge in [0.15, 0.2) is 4.77 Å². The lowest BCUT2D eigenvalue weighted by molar-refractivity contribution is 0.0690. The van der Waals surface area contributed by atoms with Gasteiger partial charge in [-0.15, -0.1) is 0 Å². The van der Waals surface area contributed by atoms with E-state index in [9.17, 15) is 4.79 Å². The molecule has 0 saturated carbocycles. The Bertz CT molecular complexity index is 490. The van der Waals surface area contributed by atoms with E-state index in [1.807, 2.05) is 18.5 Å². The van der Waals surface area contributed by atoms with Crippen molar-refractivity contribution in [2.75, 3.05) is 32.8 Å². The van der Waals surface area contributed by atoms with E-state index in [1.165, 1.54) is 0 Å².